The summed E-state index contributed by atoms with van der Waals surface area (Å²) < 4.78 is 4.72. The maximum absolute atomic E-state index is 11.4. The first kappa shape index (κ1) is 14.3. The Kier molecular flexibility index (Phi) is 6.32. The van der Waals surface area contributed by atoms with E-state index in [-0.39, 0.29) is 12.0 Å². The number of halogens is 1. The van der Waals surface area contributed by atoms with Crippen LogP contribution in [0.5, 0.6) is 0 Å². The average Bonchev–Trinajstić information content (AvgIpc) is 2.35. The molecule has 0 amide bonds. The number of rotatable bonds is 6. The van der Waals surface area contributed by atoms with E-state index in [0.29, 0.717) is 17.3 Å². The Labute approximate surface area is 110 Å². The summed E-state index contributed by atoms with van der Waals surface area (Å²) in [6, 6.07) is 3.29. The molecule has 6 heteroatoms. The van der Waals surface area contributed by atoms with E-state index in [4.69, 9.17) is 16.3 Å². The minimum atomic E-state index is -0.313. The van der Waals surface area contributed by atoms with Gasteiger partial charge in [-0.25, -0.2) is 4.98 Å². The molecule has 1 atom stereocenters. The topological polar surface area (TPSA) is 51.2 Å². The van der Waals surface area contributed by atoms with Crippen molar-refractivity contribution in [2.45, 2.75) is 18.0 Å². The molecule has 0 aliphatic heterocycles. The molecule has 1 unspecified atom stereocenters. The van der Waals surface area contributed by atoms with E-state index in [0.717, 1.165) is 5.03 Å². The van der Waals surface area contributed by atoms with Gasteiger partial charge in [-0.1, -0.05) is 18.5 Å². The fraction of sp³-hybridized carbons (Fsp3) is 0.455. The average molecular weight is 275 g/mol. The summed E-state index contributed by atoms with van der Waals surface area (Å²) in [6.07, 6.45) is 1.59. The van der Waals surface area contributed by atoms with Crippen LogP contribution >= 0.6 is 23.4 Å². The Hall–Kier alpha value is -0.780. The van der Waals surface area contributed by atoms with Gasteiger partial charge in [0.1, 0.15) is 6.04 Å². The number of ether oxygens (including phenoxy) is 1. The lowest BCUT2D eigenvalue weighted by Crippen LogP contribution is -2.39. The molecule has 1 aromatic heterocycles. The summed E-state index contributed by atoms with van der Waals surface area (Å²) in [6.45, 7) is 2.66. The number of nitrogens with zero attached hydrogens (tertiary/aromatic N) is 1. The molecule has 1 N–H and O–H groups in total. The highest BCUT2D eigenvalue weighted by Crippen LogP contribution is 2.18. The number of hydrogen-bond donors (Lipinski definition) is 1. The molecular formula is C11H15ClN2O2S. The van der Waals surface area contributed by atoms with Gasteiger partial charge in [0.05, 0.1) is 17.2 Å². The summed E-state index contributed by atoms with van der Waals surface area (Å²) in [5.41, 5.74) is 0. The van der Waals surface area contributed by atoms with Crippen LogP contribution in [-0.4, -0.2) is 36.4 Å². The van der Waals surface area contributed by atoms with Gasteiger partial charge in [0, 0.05) is 11.9 Å². The van der Waals surface area contributed by atoms with Crippen molar-refractivity contribution >= 4 is 29.3 Å². The number of pyridine rings is 1. The number of nitrogens with one attached hydrogen (secondary N) is 1. The minimum absolute atomic E-state index is 0.256. The molecule has 0 fully saturated rings. The third-order valence-electron chi connectivity index (χ3n) is 2.03. The predicted octanol–water partition coefficient (Wildman–Crippen LogP) is 1.98. The Balaban J connectivity index is 2.51. The summed E-state index contributed by atoms with van der Waals surface area (Å²) in [7, 11) is 1.39. The van der Waals surface area contributed by atoms with Crippen molar-refractivity contribution in [1.82, 2.24) is 10.3 Å². The summed E-state index contributed by atoms with van der Waals surface area (Å²) in [5, 5.41) is 4.50. The molecule has 0 aromatic carbocycles. The highest BCUT2D eigenvalue weighted by Gasteiger charge is 2.18. The molecule has 0 aliphatic rings. The lowest BCUT2D eigenvalue weighted by atomic mass is 10.3. The van der Waals surface area contributed by atoms with E-state index >= 15 is 0 Å². The predicted molar refractivity (Wildman–Crippen MR) is 69.5 cm³/mol. The Bertz CT molecular complexity index is 359. The molecule has 4 nitrogen and oxygen atoms in total. The number of thioether (sulfide) groups is 1. The second-order valence-electron chi connectivity index (χ2n) is 3.26. The molecule has 1 heterocycles. The fourth-order valence-corrected chi connectivity index (χ4v) is 2.21. The molecule has 17 heavy (non-hydrogen) atoms. The molecule has 0 bridgehead atoms. The van der Waals surface area contributed by atoms with Crippen molar-refractivity contribution in [1.29, 1.82) is 0 Å². The number of carbonyl (C=O) groups excluding carboxylic acids is 1. The van der Waals surface area contributed by atoms with Crippen LogP contribution in [0.15, 0.2) is 23.4 Å². The van der Waals surface area contributed by atoms with Crippen LogP contribution in [0, 0.1) is 0 Å². The Morgan fingerprint density at radius 3 is 2.94 bits per heavy atom. The van der Waals surface area contributed by atoms with Crippen molar-refractivity contribution in [2.24, 2.45) is 0 Å². The number of likely N-dealkylation sites (N-methyl/N-ethyl adjacent to an activating group) is 1. The van der Waals surface area contributed by atoms with Crippen LogP contribution in [-0.2, 0) is 9.53 Å². The van der Waals surface area contributed by atoms with Crippen LogP contribution in [0.2, 0.25) is 5.02 Å². The van der Waals surface area contributed by atoms with E-state index in [1.807, 2.05) is 13.0 Å². The lowest BCUT2D eigenvalue weighted by molar-refractivity contribution is -0.142. The number of methoxy groups -OCH3 is 1. The van der Waals surface area contributed by atoms with E-state index in [1.54, 1.807) is 12.3 Å². The van der Waals surface area contributed by atoms with E-state index in [1.165, 1.54) is 18.9 Å². The lowest BCUT2D eigenvalue weighted by Gasteiger charge is -2.14. The molecular weight excluding hydrogens is 260 g/mol. The number of carbonyl (C=O) groups is 1. The van der Waals surface area contributed by atoms with Crippen LogP contribution in [0.3, 0.4) is 0 Å². The molecule has 1 aromatic rings. The first-order valence-electron chi connectivity index (χ1n) is 5.23. The Morgan fingerprint density at radius 1 is 1.65 bits per heavy atom. The summed E-state index contributed by atoms with van der Waals surface area (Å²) >= 11 is 7.23. The number of hydrogen-bond acceptors (Lipinski definition) is 5. The van der Waals surface area contributed by atoms with Gasteiger partial charge in [-0.3, -0.25) is 4.79 Å². The zero-order valence-corrected chi connectivity index (χ0v) is 11.3. The smallest absolute Gasteiger partial charge is 0.323 e. The second kappa shape index (κ2) is 7.53. The van der Waals surface area contributed by atoms with Crippen molar-refractivity contribution in [3.63, 3.8) is 0 Å². The number of aromatic nitrogens is 1. The van der Waals surface area contributed by atoms with Gasteiger partial charge in [0.25, 0.3) is 0 Å². The van der Waals surface area contributed by atoms with E-state index < -0.39 is 0 Å². The zero-order chi connectivity index (χ0) is 12.7. The van der Waals surface area contributed by atoms with Crippen LogP contribution in [0.1, 0.15) is 6.92 Å². The minimum Gasteiger partial charge on any atom is -0.468 e. The third kappa shape index (κ3) is 4.93. The first-order valence-corrected chi connectivity index (χ1v) is 6.59. The largest absolute Gasteiger partial charge is 0.468 e. The quantitative estimate of drug-likeness (QED) is 0.635. The molecule has 94 valence electrons. The van der Waals surface area contributed by atoms with E-state index in [9.17, 15) is 4.79 Å². The monoisotopic (exact) mass is 274 g/mol. The first-order chi connectivity index (χ1) is 8.17. The summed E-state index contributed by atoms with van der Waals surface area (Å²) in [4.78, 5) is 15.6. The maximum atomic E-state index is 11.4. The Morgan fingerprint density at radius 2 is 2.41 bits per heavy atom. The van der Waals surface area contributed by atoms with Crippen LogP contribution < -0.4 is 5.32 Å². The van der Waals surface area contributed by atoms with Gasteiger partial charge in [0.2, 0.25) is 0 Å². The van der Waals surface area contributed by atoms with Gasteiger partial charge >= 0.3 is 5.97 Å². The normalized spacial score (nSPS) is 12.2. The van der Waals surface area contributed by atoms with Gasteiger partial charge < -0.3 is 10.1 Å². The van der Waals surface area contributed by atoms with Gasteiger partial charge in [-0.05, 0) is 18.7 Å². The highest BCUT2D eigenvalue weighted by molar-refractivity contribution is 7.99. The molecule has 0 saturated heterocycles. The molecule has 0 aliphatic carbocycles. The van der Waals surface area contributed by atoms with Crippen LogP contribution in [0.25, 0.3) is 0 Å². The number of esters is 1. The highest BCUT2D eigenvalue weighted by atomic mass is 35.5. The standard InChI is InChI=1S/C11H15ClN2O2S/c1-3-13-9(11(15)16-2)7-17-10-5-4-8(12)6-14-10/h4-6,9,13H,3,7H2,1-2H3. The SMILES string of the molecule is CCNC(CSc1ccc(Cl)cn1)C(=O)OC. The van der Waals surface area contributed by atoms with Crippen molar-refractivity contribution in [3.05, 3.63) is 23.4 Å². The molecule has 1 rings (SSSR count). The second-order valence-corrected chi connectivity index (χ2v) is 4.74. The third-order valence-corrected chi connectivity index (χ3v) is 3.30. The van der Waals surface area contributed by atoms with Crippen molar-refractivity contribution in [3.8, 4) is 0 Å². The van der Waals surface area contributed by atoms with Gasteiger partial charge in [-0.15, -0.1) is 11.8 Å². The van der Waals surface area contributed by atoms with Crippen molar-refractivity contribution < 1.29 is 9.53 Å². The fourth-order valence-electron chi connectivity index (χ4n) is 1.22. The van der Waals surface area contributed by atoms with E-state index in [2.05, 4.69) is 10.3 Å². The zero-order valence-electron chi connectivity index (χ0n) is 9.77. The van der Waals surface area contributed by atoms with Crippen molar-refractivity contribution in [2.75, 3.05) is 19.4 Å². The van der Waals surface area contributed by atoms with Gasteiger partial charge in [0.15, 0.2) is 0 Å². The van der Waals surface area contributed by atoms with Crippen LogP contribution in [0.4, 0.5) is 0 Å². The summed E-state index contributed by atoms with van der Waals surface area (Å²) in [5.74, 6) is 0.322. The molecule has 0 spiro atoms. The van der Waals surface area contributed by atoms with Gasteiger partial charge in [-0.2, -0.15) is 0 Å². The molecule has 0 saturated carbocycles. The maximum Gasteiger partial charge on any atom is 0.323 e. The molecule has 0 radical (unpaired) electrons.